The SMILES string of the molecule is COC[C@H](C)C(=O)C[C@H](C(=O)OC)C(C)C. The molecule has 0 aliphatic heterocycles. The number of carbonyl (C=O) groups is 2. The lowest BCUT2D eigenvalue weighted by atomic mass is 9.88. The summed E-state index contributed by atoms with van der Waals surface area (Å²) < 4.78 is 9.61. The van der Waals surface area contributed by atoms with E-state index in [2.05, 4.69) is 0 Å². The smallest absolute Gasteiger partial charge is 0.309 e. The minimum atomic E-state index is -0.350. The van der Waals surface area contributed by atoms with Gasteiger partial charge in [-0.2, -0.15) is 0 Å². The Morgan fingerprint density at radius 3 is 2.06 bits per heavy atom. The summed E-state index contributed by atoms with van der Waals surface area (Å²) in [6.45, 7) is 6.02. The Balaban J connectivity index is 4.40. The zero-order valence-corrected chi connectivity index (χ0v) is 10.8. The van der Waals surface area contributed by atoms with Crippen molar-refractivity contribution >= 4 is 11.8 Å². The predicted octanol–water partition coefficient (Wildman–Crippen LogP) is 1.67. The fourth-order valence-corrected chi connectivity index (χ4v) is 1.50. The first-order valence-corrected chi connectivity index (χ1v) is 5.53. The summed E-state index contributed by atoms with van der Waals surface area (Å²) in [6, 6.07) is 0. The predicted molar refractivity (Wildman–Crippen MR) is 61.0 cm³/mol. The highest BCUT2D eigenvalue weighted by Crippen LogP contribution is 2.19. The van der Waals surface area contributed by atoms with Crippen molar-refractivity contribution in [3.05, 3.63) is 0 Å². The van der Waals surface area contributed by atoms with E-state index < -0.39 is 0 Å². The molecule has 0 N–H and O–H groups in total. The average Bonchev–Trinajstić information content (AvgIpc) is 2.24. The van der Waals surface area contributed by atoms with Crippen LogP contribution in [0.2, 0.25) is 0 Å². The number of rotatable bonds is 7. The molecule has 4 nitrogen and oxygen atoms in total. The highest BCUT2D eigenvalue weighted by molar-refractivity contribution is 5.86. The molecule has 0 heterocycles. The summed E-state index contributed by atoms with van der Waals surface area (Å²) >= 11 is 0. The van der Waals surface area contributed by atoms with Crippen molar-refractivity contribution in [2.45, 2.75) is 27.2 Å². The third-order valence-electron chi connectivity index (χ3n) is 2.70. The van der Waals surface area contributed by atoms with E-state index in [9.17, 15) is 9.59 Å². The number of methoxy groups -OCH3 is 2. The van der Waals surface area contributed by atoms with E-state index >= 15 is 0 Å². The monoisotopic (exact) mass is 230 g/mol. The standard InChI is InChI=1S/C12H22O4/c1-8(2)10(12(14)16-5)6-11(13)9(3)7-15-4/h8-10H,6-7H2,1-5H3/t9-,10-/m0/s1. The first-order valence-electron chi connectivity index (χ1n) is 5.53. The summed E-state index contributed by atoms with van der Waals surface area (Å²) in [5, 5.41) is 0. The lowest BCUT2D eigenvalue weighted by Gasteiger charge is -2.19. The van der Waals surface area contributed by atoms with Crippen LogP contribution < -0.4 is 0 Å². The van der Waals surface area contributed by atoms with Gasteiger partial charge in [0.25, 0.3) is 0 Å². The molecule has 0 amide bonds. The Bertz CT molecular complexity index is 235. The zero-order chi connectivity index (χ0) is 12.7. The number of esters is 1. The Morgan fingerprint density at radius 2 is 1.69 bits per heavy atom. The molecule has 16 heavy (non-hydrogen) atoms. The fraction of sp³-hybridized carbons (Fsp3) is 0.833. The van der Waals surface area contributed by atoms with Gasteiger partial charge in [0, 0.05) is 19.4 Å². The summed E-state index contributed by atoms with van der Waals surface area (Å²) in [5.74, 6) is -0.683. The van der Waals surface area contributed by atoms with Crippen molar-refractivity contribution in [2.75, 3.05) is 20.8 Å². The second-order valence-corrected chi connectivity index (χ2v) is 4.40. The molecule has 0 aromatic carbocycles. The maximum atomic E-state index is 11.8. The van der Waals surface area contributed by atoms with Gasteiger partial charge in [0.2, 0.25) is 0 Å². The molecule has 94 valence electrons. The molecule has 4 heteroatoms. The van der Waals surface area contributed by atoms with Crippen molar-refractivity contribution in [1.29, 1.82) is 0 Å². The van der Waals surface area contributed by atoms with Crippen molar-refractivity contribution in [1.82, 2.24) is 0 Å². The number of ketones is 1. The Kier molecular flexibility index (Phi) is 6.97. The molecule has 2 atom stereocenters. The largest absolute Gasteiger partial charge is 0.469 e. The topological polar surface area (TPSA) is 52.6 Å². The zero-order valence-electron chi connectivity index (χ0n) is 10.8. The van der Waals surface area contributed by atoms with E-state index in [4.69, 9.17) is 9.47 Å². The Morgan fingerprint density at radius 1 is 1.12 bits per heavy atom. The number of Topliss-reactive ketones (excluding diaryl/α,β-unsaturated/α-hetero) is 1. The summed E-state index contributed by atoms with van der Waals surface area (Å²) in [5.41, 5.74) is 0. The van der Waals surface area contributed by atoms with Crippen molar-refractivity contribution in [2.24, 2.45) is 17.8 Å². The first kappa shape index (κ1) is 15.1. The minimum absolute atomic E-state index is 0.0472. The molecule has 0 unspecified atom stereocenters. The highest BCUT2D eigenvalue weighted by atomic mass is 16.5. The second kappa shape index (κ2) is 7.39. The number of ether oxygens (including phenoxy) is 2. The maximum absolute atomic E-state index is 11.8. The normalized spacial score (nSPS) is 14.6. The molecule has 0 bridgehead atoms. The molecule has 0 rings (SSSR count). The molecule has 0 fully saturated rings. The van der Waals surface area contributed by atoms with Crippen LogP contribution >= 0.6 is 0 Å². The highest BCUT2D eigenvalue weighted by Gasteiger charge is 2.27. The first-order chi connectivity index (χ1) is 7.43. The van der Waals surface area contributed by atoms with E-state index in [0.717, 1.165) is 0 Å². The Labute approximate surface area is 97.3 Å². The van der Waals surface area contributed by atoms with Gasteiger partial charge >= 0.3 is 5.97 Å². The third kappa shape index (κ3) is 4.75. The van der Waals surface area contributed by atoms with Crippen LogP contribution in [0.4, 0.5) is 0 Å². The molecule has 0 saturated heterocycles. The molecular formula is C12H22O4. The van der Waals surface area contributed by atoms with E-state index in [0.29, 0.717) is 6.61 Å². The van der Waals surface area contributed by atoms with Crippen LogP contribution in [0.3, 0.4) is 0 Å². The van der Waals surface area contributed by atoms with Crippen molar-refractivity contribution < 1.29 is 19.1 Å². The van der Waals surface area contributed by atoms with Crippen LogP contribution in [0.15, 0.2) is 0 Å². The molecule has 0 aromatic rings. The van der Waals surface area contributed by atoms with Crippen LogP contribution in [0.1, 0.15) is 27.2 Å². The molecule has 0 spiro atoms. The van der Waals surface area contributed by atoms with Gasteiger partial charge < -0.3 is 9.47 Å². The van der Waals surface area contributed by atoms with E-state index in [-0.39, 0.29) is 35.9 Å². The van der Waals surface area contributed by atoms with Crippen LogP contribution in [0.5, 0.6) is 0 Å². The van der Waals surface area contributed by atoms with Crippen LogP contribution in [0.25, 0.3) is 0 Å². The van der Waals surface area contributed by atoms with Crippen LogP contribution in [0, 0.1) is 17.8 Å². The maximum Gasteiger partial charge on any atom is 0.309 e. The molecule has 0 radical (unpaired) electrons. The molecule has 0 aliphatic carbocycles. The second-order valence-electron chi connectivity index (χ2n) is 4.40. The molecule has 0 saturated carbocycles. The quantitative estimate of drug-likeness (QED) is 0.624. The van der Waals surface area contributed by atoms with Gasteiger partial charge in [-0.05, 0) is 5.92 Å². The summed E-state index contributed by atoms with van der Waals surface area (Å²) in [7, 11) is 2.91. The van der Waals surface area contributed by atoms with Crippen LogP contribution in [-0.2, 0) is 19.1 Å². The van der Waals surface area contributed by atoms with Gasteiger partial charge in [0.15, 0.2) is 0 Å². The fourth-order valence-electron chi connectivity index (χ4n) is 1.50. The van der Waals surface area contributed by atoms with E-state index in [1.165, 1.54) is 7.11 Å². The van der Waals surface area contributed by atoms with Crippen molar-refractivity contribution in [3.8, 4) is 0 Å². The summed E-state index contributed by atoms with van der Waals surface area (Å²) in [6.07, 6.45) is 0.231. The summed E-state index contributed by atoms with van der Waals surface area (Å²) in [4.78, 5) is 23.2. The molecule has 0 aliphatic rings. The lowest BCUT2D eigenvalue weighted by Crippen LogP contribution is -2.28. The van der Waals surface area contributed by atoms with E-state index in [1.54, 1.807) is 14.0 Å². The Hall–Kier alpha value is -0.900. The lowest BCUT2D eigenvalue weighted by molar-refractivity contribution is -0.149. The van der Waals surface area contributed by atoms with E-state index in [1.807, 2.05) is 13.8 Å². The number of hydrogen-bond donors (Lipinski definition) is 0. The van der Waals surface area contributed by atoms with Gasteiger partial charge in [0.05, 0.1) is 19.6 Å². The molecular weight excluding hydrogens is 208 g/mol. The minimum Gasteiger partial charge on any atom is -0.469 e. The van der Waals surface area contributed by atoms with Gasteiger partial charge in [-0.25, -0.2) is 0 Å². The van der Waals surface area contributed by atoms with Gasteiger partial charge in [-0.3, -0.25) is 9.59 Å². The van der Waals surface area contributed by atoms with Crippen molar-refractivity contribution in [3.63, 3.8) is 0 Å². The average molecular weight is 230 g/mol. The number of hydrogen-bond acceptors (Lipinski definition) is 4. The van der Waals surface area contributed by atoms with Gasteiger partial charge in [-0.15, -0.1) is 0 Å². The van der Waals surface area contributed by atoms with Gasteiger partial charge in [-0.1, -0.05) is 20.8 Å². The third-order valence-corrected chi connectivity index (χ3v) is 2.70. The van der Waals surface area contributed by atoms with Crippen LogP contribution in [-0.4, -0.2) is 32.6 Å². The number of carbonyl (C=O) groups excluding carboxylic acids is 2. The van der Waals surface area contributed by atoms with Gasteiger partial charge in [0.1, 0.15) is 5.78 Å². The molecule has 0 aromatic heterocycles.